The maximum absolute atomic E-state index is 13.3. The minimum absolute atomic E-state index is 0. The summed E-state index contributed by atoms with van der Waals surface area (Å²) in [4.78, 5) is 4.44. The van der Waals surface area contributed by atoms with Crippen LogP contribution in [0, 0.1) is 12.7 Å². The van der Waals surface area contributed by atoms with Crippen molar-refractivity contribution in [1.29, 1.82) is 0 Å². The zero-order chi connectivity index (χ0) is 18.4. The lowest BCUT2D eigenvalue weighted by Gasteiger charge is -2.12. The van der Waals surface area contributed by atoms with E-state index in [1.54, 1.807) is 50.4 Å². The molecule has 0 bridgehead atoms. The smallest absolute Gasteiger partial charge is 0.191 e. The standard InChI is InChI=1S/C18H22FN3O2S.HI/c1-13-10-15(6-9-17(13)19)12-22-18(20-2)21-11-14-4-7-16(8-5-14)25(3,23)24;/h4-10H,11-12H2,1-3H3,(H2,20,21,22);1H. The van der Waals surface area contributed by atoms with Crippen molar-refractivity contribution in [1.82, 2.24) is 10.6 Å². The zero-order valence-electron chi connectivity index (χ0n) is 14.9. The average Bonchev–Trinajstić information content (AvgIpc) is 2.57. The van der Waals surface area contributed by atoms with Crippen LogP contribution in [-0.4, -0.2) is 27.7 Å². The first-order valence-corrected chi connectivity index (χ1v) is 9.67. The van der Waals surface area contributed by atoms with Gasteiger partial charge in [-0.05, 0) is 41.8 Å². The average molecular weight is 491 g/mol. The molecule has 2 rings (SSSR count). The fourth-order valence-electron chi connectivity index (χ4n) is 2.26. The molecule has 0 heterocycles. The van der Waals surface area contributed by atoms with Crippen LogP contribution in [0.15, 0.2) is 52.4 Å². The number of nitrogens with zero attached hydrogens (tertiary/aromatic N) is 1. The molecule has 0 unspecified atom stereocenters. The van der Waals surface area contributed by atoms with Gasteiger partial charge in [-0.3, -0.25) is 4.99 Å². The van der Waals surface area contributed by atoms with Gasteiger partial charge in [-0.25, -0.2) is 12.8 Å². The number of hydrogen-bond acceptors (Lipinski definition) is 3. The molecule has 0 aliphatic heterocycles. The molecule has 0 amide bonds. The molecule has 0 saturated heterocycles. The molecule has 0 fully saturated rings. The van der Waals surface area contributed by atoms with Crippen molar-refractivity contribution in [3.63, 3.8) is 0 Å². The molecule has 0 aliphatic rings. The Bertz CT molecular complexity index is 869. The van der Waals surface area contributed by atoms with E-state index in [1.807, 2.05) is 0 Å². The number of aliphatic imine (C=N–C) groups is 1. The Balaban J connectivity index is 0.00000338. The number of guanidine groups is 1. The fourth-order valence-corrected chi connectivity index (χ4v) is 2.89. The van der Waals surface area contributed by atoms with Gasteiger partial charge in [-0.2, -0.15) is 0 Å². The van der Waals surface area contributed by atoms with E-state index in [9.17, 15) is 12.8 Å². The number of rotatable bonds is 5. The molecule has 0 atom stereocenters. The van der Waals surface area contributed by atoms with Gasteiger partial charge >= 0.3 is 0 Å². The van der Waals surface area contributed by atoms with Crippen LogP contribution in [0.25, 0.3) is 0 Å². The van der Waals surface area contributed by atoms with Gasteiger partial charge < -0.3 is 10.6 Å². The Morgan fingerprint density at radius 3 is 2.08 bits per heavy atom. The number of benzene rings is 2. The summed E-state index contributed by atoms with van der Waals surface area (Å²) in [5.41, 5.74) is 2.50. The van der Waals surface area contributed by atoms with Crippen molar-refractivity contribution in [2.45, 2.75) is 24.9 Å². The van der Waals surface area contributed by atoms with Gasteiger partial charge in [0, 0.05) is 26.4 Å². The van der Waals surface area contributed by atoms with Gasteiger partial charge in [-0.15, -0.1) is 24.0 Å². The van der Waals surface area contributed by atoms with E-state index in [4.69, 9.17) is 0 Å². The maximum atomic E-state index is 13.3. The number of aryl methyl sites for hydroxylation is 1. The second kappa shape index (κ2) is 9.86. The molecule has 0 saturated carbocycles. The number of sulfone groups is 1. The minimum atomic E-state index is -3.18. The Hall–Kier alpha value is -1.68. The van der Waals surface area contributed by atoms with E-state index in [2.05, 4.69) is 15.6 Å². The highest BCUT2D eigenvalue weighted by atomic mass is 127. The SMILES string of the molecule is CN=C(NCc1ccc(S(C)(=O)=O)cc1)NCc1ccc(F)c(C)c1.I. The second-order valence-corrected chi connectivity index (χ2v) is 7.79. The zero-order valence-corrected chi connectivity index (χ0v) is 18.1. The number of nitrogens with one attached hydrogen (secondary N) is 2. The van der Waals surface area contributed by atoms with Crippen molar-refractivity contribution in [3.05, 3.63) is 65.0 Å². The quantitative estimate of drug-likeness (QED) is 0.384. The normalized spacial score (nSPS) is 11.6. The topological polar surface area (TPSA) is 70.6 Å². The Kier molecular flexibility index (Phi) is 8.48. The van der Waals surface area contributed by atoms with Crippen LogP contribution in [-0.2, 0) is 22.9 Å². The maximum Gasteiger partial charge on any atom is 0.191 e. The van der Waals surface area contributed by atoms with Crippen molar-refractivity contribution < 1.29 is 12.8 Å². The van der Waals surface area contributed by atoms with Gasteiger partial charge in [0.1, 0.15) is 5.82 Å². The molecule has 2 N–H and O–H groups in total. The minimum Gasteiger partial charge on any atom is -0.352 e. The summed E-state index contributed by atoms with van der Waals surface area (Å²) in [7, 11) is -1.52. The van der Waals surface area contributed by atoms with Crippen LogP contribution < -0.4 is 10.6 Å². The summed E-state index contributed by atoms with van der Waals surface area (Å²) in [5, 5.41) is 6.31. The summed E-state index contributed by atoms with van der Waals surface area (Å²) < 4.78 is 36.2. The van der Waals surface area contributed by atoms with Gasteiger partial charge in [0.05, 0.1) is 4.90 Å². The van der Waals surface area contributed by atoms with Crippen LogP contribution in [0.3, 0.4) is 0 Å². The van der Waals surface area contributed by atoms with Gasteiger partial charge in [-0.1, -0.05) is 24.3 Å². The molecular formula is C18H23FIN3O2S. The largest absolute Gasteiger partial charge is 0.352 e. The van der Waals surface area contributed by atoms with Crippen LogP contribution in [0.1, 0.15) is 16.7 Å². The third-order valence-corrected chi connectivity index (χ3v) is 4.85. The van der Waals surface area contributed by atoms with E-state index < -0.39 is 9.84 Å². The molecule has 8 heteroatoms. The summed E-state index contributed by atoms with van der Waals surface area (Å²) in [5.74, 6) is 0.387. The van der Waals surface area contributed by atoms with E-state index >= 15 is 0 Å². The Labute approximate surface area is 171 Å². The molecule has 26 heavy (non-hydrogen) atoms. The van der Waals surface area contributed by atoms with E-state index in [-0.39, 0.29) is 29.8 Å². The third-order valence-electron chi connectivity index (χ3n) is 3.72. The molecule has 0 spiro atoms. The molecule has 0 aromatic heterocycles. The Morgan fingerprint density at radius 1 is 1.04 bits per heavy atom. The first kappa shape index (κ1) is 22.4. The molecule has 142 valence electrons. The van der Waals surface area contributed by atoms with Crippen LogP contribution in [0.5, 0.6) is 0 Å². The first-order valence-electron chi connectivity index (χ1n) is 7.78. The van der Waals surface area contributed by atoms with Crippen LogP contribution >= 0.6 is 24.0 Å². The summed E-state index contributed by atoms with van der Waals surface area (Å²) >= 11 is 0. The summed E-state index contributed by atoms with van der Waals surface area (Å²) in [6.45, 7) is 2.76. The van der Waals surface area contributed by atoms with Gasteiger partial charge in [0.25, 0.3) is 0 Å². The monoisotopic (exact) mass is 491 g/mol. The second-order valence-electron chi connectivity index (χ2n) is 5.78. The molecular weight excluding hydrogens is 468 g/mol. The fraction of sp³-hybridized carbons (Fsp3) is 0.278. The molecule has 0 aliphatic carbocycles. The van der Waals surface area contributed by atoms with Crippen molar-refractivity contribution >= 4 is 39.8 Å². The number of hydrogen-bond donors (Lipinski definition) is 2. The lowest BCUT2D eigenvalue weighted by molar-refractivity contribution is 0.602. The highest BCUT2D eigenvalue weighted by Crippen LogP contribution is 2.10. The highest BCUT2D eigenvalue weighted by Gasteiger charge is 2.06. The summed E-state index contributed by atoms with van der Waals surface area (Å²) in [6, 6.07) is 11.7. The highest BCUT2D eigenvalue weighted by molar-refractivity contribution is 14.0. The third kappa shape index (κ3) is 6.56. The molecule has 2 aromatic carbocycles. The first-order chi connectivity index (χ1) is 11.8. The predicted molar refractivity (Wildman–Crippen MR) is 113 cm³/mol. The summed E-state index contributed by atoms with van der Waals surface area (Å²) in [6.07, 6.45) is 1.18. The lowest BCUT2D eigenvalue weighted by atomic mass is 10.1. The van der Waals surface area contributed by atoms with Crippen LogP contribution in [0.2, 0.25) is 0 Å². The molecule has 5 nitrogen and oxygen atoms in total. The van der Waals surface area contributed by atoms with Gasteiger partial charge in [0.2, 0.25) is 0 Å². The van der Waals surface area contributed by atoms with E-state index in [0.29, 0.717) is 29.5 Å². The Morgan fingerprint density at radius 2 is 1.58 bits per heavy atom. The van der Waals surface area contributed by atoms with E-state index in [1.165, 1.54) is 12.3 Å². The lowest BCUT2D eigenvalue weighted by Crippen LogP contribution is -2.36. The number of halogens is 2. The van der Waals surface area contributed by atoms with E-state index in [0.717, 1.165) is 11.1 Å². The predicted octanol–water partition coefficient (Wildman–Crippen LogP) is 3.02. The van der Waals surface area contributed by atoms with Crippen LogP contribution in [0.4, 0.5) is 4.39 Å². The van der Waals surface area contributed by atoms with Crippen molar-refractivity contribution in [3.8, 4) is 0 Å². The van der Waals surface area contributed by atoms with Gasteiger partial charge in [0.15, 0.2) is 15.8 Å². The van der Waals surface area contributed by atoms with Crippen molar-refractivity contribution in [2.75, 3.05) is 13.3 Å². The molecule has 2 aromatic rings. The van der Waals surface area contributed by atoms with Crippen molar-refractivity contribution in [2.24, 2.45) is 4.99 Å². The molecule has 0 radical (unpaired) electrons.